The molecule has 0 aromatic heterocycles. The van der Waals surface area contributed by atoms with Crippen molar-refractivity contribution in [3.8, 4) is 5.75 Å². The van der Waals surface area contributed by atoms with E-state index in [2.05, 4.69) is 5.32 Å². The number of nitrogens with one attached hydrogen (secondary N) is 1. The van der Waals surface area contributed by atoms with Gasteiger partial charge in [-0.3, -0.25) is 4.79 Å². The Hall–Kier alpha value is -2.34. The molecule has 0 bridgehead atoms. The van der Waals surface area contributed by atoms with Gasteiger partial charge in [0.2, 0.25) is 0 Å². The van der Waals surface area contributed by atoms with Crippen molar-refractivity contribution in [3.05, 3.63) is 59.7 Å². The van der Waals surface area contributed by atoms with Crippen LogP contribution in [0.5, 0.6) is 5.75 Å². The zero-order valence-electron chi connectivity index (χ0n) is 13.9. The molecular formula is C18H21NO4S. The molecule has 2 aromatic carbocycles. The summed E-state index contributed by atoms with van der Waals surface area (Å²) in [5.74, 6) is 0.421. The lowest BCUT2D eigenvalue weighted by molar-refractivity contribution is 0.0939. The fraction of sp³-hybridized carbons (Fsp3) is 0.278. The van der Waals surface area contributed by atoms with E-state index in [1.807, 2.05) is 38.1 Å². The average molecular weight is 347 g/mol. The third-order valence-corrected chi connectivity index (χ3v) is 4.65. The second-order valence-corrected chi connectivity index (χ2v) is 7.52. The van der Waals surface area contributed by atoms with E-state index < -0.39 is 9.84 Å². The molecule has 6 heteroatoms. The fourth-order valence-corrected chi connectivity index (χ4v) is 2.94. The number of carbonyl (C=O) groups excluding carboxylic acids is 1. The van der Waals surface area contributed by atoms with Crippen molar-refractivity contribution in [3.63, 3.8) is 0 Å². The van der Waals surface area contributed by atoms with Gasteiger partial charge in [-0.1, -0.05) is 18.2 Å². The summed E-state index contributed by atoms with van der Waals surface area (Å²) in [7, 11) is -3.35. The third kappa shape index (κ3) is 4.58. The van der Waals surface area contributed by atoms with Crippen LogP contribution in [0.2, 0.25) is 0 Å². The minimum atomic E-state index is -3.35. The monoisotopic (exact) mass is 347 g/mol. The van der Waals surface area contributed by atoms with Crippen LogP contribution in [0.25, 0.3) is 0 Å². The average Bonchev–Trinajstić information content (AvgIpc) is 2.54. The maximum atomic E-state index is 12.4. The standard InChI is InChI=1S/C18H21NO4S/c1-4-23-16-9-5-7-14(11-16)13(2)19-18(20)15-8-6-10-17(12-15)24(3,21)22/h5-13H,4H2,1-3H3,(H,19,20)/t13-/m0/s1. The molecule has 0 saturated carbocycles. The number of ether oxygens (including phenoxy) is 1. The molecule has 1 atom stereocenters. The molecule has 0 unspecified atom stereocenters. The number of hydrogen-bond acceptors (Lipinski definition) is 4. The van der Waals surface area contributed by atoms with E-state index >= 15 is 0 Å². The minimum Gasteiger partial charge on any atom is -0.494 e. The quantitative estimate of drug-likeness (QED) is 0.872. The summed E-state index contributed by atoms with van der Waals surface area (Å²) in [4.78, 5) is 12.5. The van der Waals surface area contributed by atoms with Gasteiger partial charge in [0.25, 0.3) is 5.91 Å². The first kappa shape index (κ1) is 18.0. The molecule has 0 saturated heterocycles. The predicted octanol–water partition coefficient (Wildman–Crippen LogP) is 2.98. The molecule has 0 aliphatic heterocycles. The van der Waals surface area contributed by atoms with Crippen molar-refractivity contribution in [2.24, 2.45) is 0 Å². The van der Waals surface area contributed by atoms with Crippen LogP contribution >= 0.6 is 0 Å². The third-order valence-electron chi connectivity index (χ3n) is 3.54. The Kier molecular flexibility index (Phi) is 5.62. The van der Waals surface area contributed by atoms with Gasteiger partial charge in [0.15, 0.2) is 9.84 Å². The second-order valence-electron chi connectivity index (χ2n) is 5.50. The van der Waals surface area contributed by atoms with Crippen LogP contribution in [-0.2, 0) is 9.84 Å². The number of benzene rings is 2. The van der Waals surface area contributed by atoms with Gasteiger partial charge < -0.3 is 10.1 Å². The first-order valence-corrected chi connectivity index (χ1v) is 9.54. The van der Waals surface area contributed by atoms with Crippen LogP contribution in [0.15, 0.2) is 53.4 Å². The Morgan fingerprint density at radius 2 is 1.88 bits per heavy atom. The topological polar surface area (TPSA) is 72.5 Å². The molecular weight excluding hydrogens is 326 g/mol. The zero-order chi connectivity index (χ0) is 17.7. The van der Waals surface area contributed by atoms with Gasteiger partial charge in [0, 0.05) is 11.8 Å². The first-order valence-electron chi connectivity index (χ1n) is 7.65. The van der Waals surface area contributed by atoms with Crippen LogP contribution in [0.3, 0.4) is 0 Å². The van der Waals surface area contributed by atoms with Gasteiger partial charge in [-0.05, 0) is 49.7 Å². The lowest BCUT2D eigenvalue weighted by Gasteiger charge is -2.16. The lowest BCUT2D eigenvalue weighted by Crippen LogP contribution is -2.26. The number of rotatable bonds is 6. The van der Waals surface area contributed by atoms with Crippen LogP contribution in [-0.4, -0.2) is 27.2 Å². The highest BCUT2D eigenvalue weighted by molar-refractivity contribution is 7.90. The van der Waals surface area contributed by atoms with Crippen LogP contribution < -0.4 is 10.1 Å². The Balaban J connectivity index is 2.16. The Labute approximate surface area is 142 Å². The SMILES string of the molecule is CCOc1cccc([C@H](C)NC(=O)c2cccc(S(C)(=O)=O)c2)c1. The normalized spacial score (nSPS) is 12.5. The van der Waals surface area contributed by atoms with Crippen molar-refractivity contribution >= 4 is 15.7 Å². The largest absolute Gasteiger partial charge is 0.494 e. The molecule has 0 aliphatic carbocycles. The summed E-state index contributed by atoms with van der Waals surface area (Å²) >= 11 is 0. The predicted molar refractivity (Wildman–Crippen MR) is 93.0 cm³/mol. The zero-order valence-corrected chi connectivity index (χ0v) is 14.8. The van der Waals surface area contributed by atoms with E-state index in [1.165, 1.54) is 12.1 Å². The van der Waals surface area contributed by atoms with Crippen molar-refractivity contribution in [2.75, 3.05) is 12.9 Å². The molecule has 1 N–H and O–H groups in total. The van der Waals surface area contributed by atoms with E-state index in [1.54, 1.807) is 12.1 Å². The van der Waals surface area contributed by atoms with E-state index in [4.69, 9.17) is 4.74 Å². The molecule has 2 rings (SSSR count). The van der Waals surface area contributed by atoms with E-state index in [-0.39, 0.29) is 16.8 Å². The second kappa shape index (κ2) is 7.49. The summed E-state index contributed by atoms with van der Waals surface area (Å²) in [5, 5.41) is 2.87. The molecule has 128 valence electrons. The summed E-state index contributed by atoms with van der Waals surface area (Å²) < 4.78 is 28.7. The lowest BCUT2D eigenvalue weighted by atomic mass is 10.1. The first-order chi connectivity index (χ1) is 11.3. The van der Waals surface area contributed by atoms with Crippen LogP contribution in [0.1, 0.15) is 35.8 Å². The van der Waals surface area contributed by atoms with E-state index in [9.17, 15) is 13.2 Å². The van der Waals surface area contributed by atoms with E-state index in [0.717, 1.165) is 17.6 Å². The highest BCUT2D eigenvalue weighted by atomic mass is 32.2. The van der Waals surface area contributed by atoms with Gasteiger partial charge in [-0.25, -0.2) is 8.42 Å². The Morgan fingerprint density at radius 3 is 2.54 bits per heavy atom. The summed E-state index contributed by atoms with van der Waals surface area (Å²) in [6.07, 6.45) is 1.12. The van der Waals surface area contributed by atoms with Crippen molar-refractivity contribution in [2.45, 2.75) is 24.8 Å². The molecule has 5 nitrogen and oxygen atoms in total. The van der Waals surface area contributed by atoms with E-state index in [0.29, 0.717) is 12.2 Å². The van der Waals surface area contributed by atoms with Gasteiger partial charge in [-0.15, -0.1) is 0 Å². The molecule has 1 amide bonds. The van der Waals surface area contributed by atoms with Gasteiger partial charge in [-0.2, -0.15) is 0 Å². The molecule has 0 aliphatic rings. The summed E-state index contributed by atoms with van der Waals surface area (Å²) in [5.41, 5.74) is 1.22. The minimum absolute atomic E-state index is 0.126. The Bertz CT molecular complexity index is 830. The maximum Gasteiger partial charge on any atom is 0.251 e. The number of sulfone groups is 1. The number of hydrogen-bond donors (Lipinski definition) is 1. The smallest absolute Gasteiger partial charge is 0.251 e. The van der Waals surface area contributed by atoms with Crippen LogP contribution in [0, 0.1) is 0 Å². The fourth-order valence-electron chi connectivity index (χ4n) is 2.27. The van der Waals surface area contributed by atoms with Gasteiger partial charge in [0.1, 0.15) is 5.75 Å². The molecule has 0 heterocycles. The molecule has 0 fully saturated rings. The van der Waals surface area contributed by atoms with Gasteiger partial charge in [0.05, 0.1) is 17.5 Å². The van der Waals surface area contributed by atoms with Crippen molar-refractivity contribution < 1.29 is 17.9 Å². The van der Waals surface area contributed by atoms with Crippen LogP contribution in [0.4, 0.5) is 0 Å². The van der Waals surface area contributed by atoms with Crippen molar-refractivity contribution in [1.82, 2.24) is 5.32 Å². The summed E-state index contributed by atoms with van der Waals surface area (Å²) in [6, 6.07) is 13.3. The Morgan fingerprint density at radius 1 is 1.17 bits per heavy atom. The molecule has 24 heavy (non-hydrogen) atoms. The summed E-state index contributed by atoms with van der Waals surface area (Å²) in [6.45, 7) is 4.35. The molecule has 0 radical (unpaired) electrons. The highest BCUT2D eigenvalue weighted by Crippen LogP contribution is 2.20. The highest BCUT2D eigenvalue weighted by Gasteiger charge is 2.14. The molecule has 2 aromatic rings. The number of carbonyl (C=O) groups is 1. The maximum absolute atomic E-state index is 12.4. The number of amides is 1. The molecule has 0 spiro atoms. The van der Waals surface area contributed by atoms with Crippen molar-refractivity contribution in [1.29, 1.82) is 0 Å². The van der Waals surface area contributed by atoms with Gasteiger partial charge >= 0.3 is 0 Å².